The molecular formula is C15H19N3O2S. The summed E-state index contributed by atoms with van der Waals surface area (Å²) in [7, 11) is 0. The lowest BCUT2D eigenvalue weighted by atomic mass is 10.2. The summed E-state index contributed by atoms with van der Waals surface area (Å²) in [6.07, 6.45) is 6.20. The lowest BCUT2D eigenvalue weighted by Crippen LogP contribution is -2.26. The van der Waals surface area contributed by atoms with Crippen molar-refractivity contribution in [3.8, 4) is 5.82 Å². The average molecular weight is 305 g/mol. The molecule has 0 radical (unpaired) electrons. The summed E-state index contributed by atoms with van der Waals surface area (Å²) in [6.45, 7) is 0.840. The zero-order chi connectivity index (χ0) is 14.9. The van der Waals surface area contributed by atoms with Crippen LogP contribution in [-0.4, -0.2) is 45.2 Å². The van der Waals surface area contributed by atoms with Crippen LogP contribution in [0.4, 0.5) is 0 Å². The molecule has 0 bridgehead atoms. The van der Waals surface area contributed by atoms with E-state index >= 15 is 0 Å². The van der Waals surface area contributed by atoms with Crippen molar-refractivity contribution in [2.24, 2.45) is 0 Å². The summed E-state index contributed by atoms with van der Waals surface area (Å²) in [5.41, 5.74) is 0.561. The van der Waals surface area contributed by atoms with Gasteiger partial charge >= 0.3 is 0 Å². The van der Waals surface area contributed by atoms with Crippen molar-refractivity contribution in [1.29, 1.82) is 0 Å². The molecule has 2 heterocycles. The fourth-order valence-electron chi connectivity index (χ4n) is 1.77. The Kier molecular flexibility index (Phi) is 6.30. The molecule has 0 unspecified atom stereocenters. The largest absolute Gasteiger partial charge is 0.396 e. The molecule has 2 N–H and O–H groups in total. The number of carbonyl (C=O) groups is 1. The summed E-state index contributed by atoms with van der Waals surface area (Å²) in [6, 6.07) is 7.45. The predicted molar refractivity (Wildman–Crippen MR) is 84.9 cm³/mol. The van der Waals surface area contributed by atoms with Gasteiger partial charge in [0.25, 0.3) is 5.91 Å². The minimum atomic E-state index is -0.107. The van der Waals surface area contributed by atoms with Gasteiger partial charge in [-0.15, -0.1) is 0 Å². The van der Waals surface area contributed by atoms with Gasteiger partial charge in [0.1, 0.15) is 5.82 Å². The Bertz CT molecular complexity index is 541. The molecule has 0 fully saturated rings. The average Bonchev–Trinajstić information content (AvgIpc) is 3.05. The third kappa shape index (κ3) is 4.91. The van der Waals surface area contributed by atoms with Gasteiger partial charge < -0.3 is 15.0 Å². The maximum Gasteiger partial charge on any atom is 0.252 e. The van der Waals surface area contributed by atoms with Crippen molar-refractivity contribution in [2.75, 3.05) is 24.7 Å². The van der Waals surface area contributed by atoms with Crippen LogP contribution in [0.15, 0.2) is 42.9 Å². The van der Waals surface area contributed by atoms with Crippen molar-refractivity contribution in [1.82, 2.24) is 14.9 Å². The minimum absolute atomic E-state index is 0.107. The zero-order valence-electron chi connectivity index (χ0n) is 11.7. The van der Waals surface area contributed by atoms with E-state index in [9.17, 15) is 4.79 Å². The van der Waals surface area contributed by atoms with Gasteiger partial charge in [-0.1, -0.05) is 0 Å². The van der Waals surface area contributed by atoms with Crippen molar-refractivity contribution in [3.05, 3.63) is 48.4 Å². The molecule has 0 saturated carbocycles. The third-order valence-electron chi connectivity index (χ3n) is 2.86. The number of rotatable bonds is 8. The normalized spacial score (nSPS) is 10.5. The number of hydrogen-bond donors (Lipinski definition) is 2. The van der Waals surface area contributed by atoms with Crippen LogP contribution in [0.25, 0.3) is 5.82 Å². The lowest BCUT2D eigenvalue weighted by molar-refractivity contribution is 0.0956. The molecule has 0 atom stereocenters. The van der Waals surface area contributed by atoms with Gasteiger partial charge in [0.05, 0.1) is 5.56 Å². The number of nitrogens with one attached hydrogen (secondary N) is 1. The van der Waals surface area contributed by atoms with E-state index in [1.165, 1.54) is 0 Å². The van der Waals surface area contributed by atoms with Gasteiger partial charge in [-0.2, -0.15) is 11.8 Å². The second kappa shape index (κ2) is 8.49. The number of pyridine rings is 1. The molecule has 112 valence electrons. The molecule has 0 aliphatic rings. The fourth-order valence-corrected chi connectivity index (χ4v) is 2.55. The second-order valence-corrected chi connectivity index (χ2v) is 5.67. The molecule has 21 heavy (non-hydrogen) atoms. The Hall–Kier alpha value is -1.79. The van der Waals surface area contributed by atoms with E-state index in [-0.39, 0.29) is 12.5 Å². The zero-order valence-corrected chi connectivity index (χ0v) is 12.6. The van der Waals surface area contributed by atoms with Crippen molar-refractivity contribution >= 4 is 17.7 Å². The Morgan fingerprint density at radius 2 is 2.10 bits per heavy atom. The van der Waals surface area contributed by atoms with E-state index in [2.05, 4.69) is 10.3 Å². The molecule has 0 spiro atoms. The first-order valence-corrected chi connectivity index (χ1v) is 8.03. The van der Waals surface area contributed by atoms with Gasteiger partial charge in [0.2, 0.25) is 0 Å². The number of nitrogens with zero attached hydrogens (tertiary/aromatic N) is 2. The van der Waals surface area contributed by atoms with Crippen molar-refractivity contribution in [2.45, 2.75) is 6.42 Å². The van der Waals surface area contributed by atoms with Gasteiger partial charge in [0.15, 0.2) is 0 Å². The van der Waals surface area contributed by atoms with Crippen LogP contribution in [-0.2, 0) is 0 Å². The fraction of sp³-hybridized carbons (Fsp3) is 0.333. The Labute approximate surface area is 128 Å². The van der Waals surface area contributed by atoms with Crippen molar-refractivity contribution in [3.63, 3.8) is 0 Å². The second-order valence-electron chi connectivity index (χ2n) is 4.44. The van der Waals surface area contributed by atoms with E-state index in [1.807, 2.05) is 35.2 Å². The summed E-state index contributed by atoms with van der Waals surface area (Å²) < 4.78 is 1.89. The monoisotopic (exact) mass is 305 g/mol. The predicted octanol–water partition coefficient (Wildman–Crippen LogP) is 1.72. The molecule has 0 aliphatic carbocycles. The van der Waals surface area contributed by atoms with Gasteiger partial charge in [-0.3, -0.25) is 4.79 Å². The van der Waals surface area contributed by atoms with E-state index in [0.29, 0.717) is 12.1 Å². The van der Waals surface area contributed by atoms with Crippen LogP contribution in [0, 0.1) is 0 Å². The van der Waals surface area contributed by atoms with Crippen LogP contribution >= 0.6 is 11.8 Å². The van der Waals surface area contributed by atoms with Crippen LogP contribution in [0.5, 0.6) is 0 Å². The standard InChI is InChI=1S/C15H19N3O2S/c19-9-3-10-21-11-6-16-15(20)13-4-5-14(17-12-13)18-7-1-2-8-18/h1-2,4-5,7-8,12,19H,3,6,9-11H2,(H,16,20). The molecule has 6 heteroatoms. The molecule has 2 rings (SSSR count). The summed E-state index contributed by atoms with van der Waals surface area (Å²) in [5.74, 6) is 2.44. The quantitative estimate of drug-likeness (QED) is 0.729. The maximum atomic E-state index is 11.9. The summed E-state index contributed by atoms with van der Waals surface area (Å²) in [4.78, 5) is 16.2. The SMILES string of the molecule is O=C(NCCSCCCO)c1ccc(-n2cccc2)nc1. The molecule has 0 aromatic carbocycles. The highest BCUT2D eigenvalue weighted by Crippen LogP contribution is 2.06. The first-order chi connectivity index (χ1) is 10.3. The number of amides is 1. The Morgan fingerprint density at radius 3 is 2.76 bits per heavy atom. The highest BCUT2D eigenvalue weighted by molar-refractivity contribution is 7.99. The van der Waals surface area contributed by atoms with Crippen LogP contribution in [0.2, 0.25) is 0 Å². The third-order valence-corrected chi connectivity index (χ3v) is 3.93. The Morgan fingerprint density at radius 1 is 1.29 bits per heavy atom. The molecule has 2 aromatic heterocycles. The molecule has 1 amide bonds. The van der Waals surface area contributed by atoms with E-state index in [1.54, 1.807) is 24.0 Å². The first-order valence-electron chi connectivity index (χ1n) is 6.87. The van der Waals surface area contributed by atoms with Gasteiger partial charge in [-0.05, 0) is 36.4 Å². The molecule has 0 aliphatic heterocycles. The van der Waals surface area contributed by atoms with Crippen LogP contribution in [0.1, 0.15) is 16.8 Å². The molecule has 5 nitrogen and oxygen atoms in total. The minimum Gasteiger partial charge on any atom is -0.396 e. The summed E-state index contributed by atoms with van der Waals surface area (Å²) >= 11 is 1.72. The number of aromatic nitrogens is 2. The van der Waals surface area contributed by atoms with E-state index < -0.39 is 0 Å². The molecule has 0 saturated heterocycles. The number of hydrogen-bond acceptors (Lipinski definition) is 4. The first kappa shape index (κ1) is 15.6. The van der Waals surface area contributed by atoms with Crippen LogP contribution in [0.3, 0.4) is 0 Å². The van der Waals surface area contributed by atoms with E-state index in [4.69, 9.17) is 5.11 Å². The Balaban J connectivity index is 1.78. The number of aliphatic hydroxyl groups excluding tert-OH is 1. The summed E-state index contributed by atoms with van der Waals surface area (Å²) in [5, 5.41) is 11.5. The number of carbonyl (C=O) groups excluding carboxylic acids is 1. The van der Waals surface area contributed by atoms with Gasteiger partial charge in [-0.25, -0.2) is 4.98 Å². The highest BCUT2D eigenvalue weighted by atomic mass is 32.2. The van der Waals surface area contributed by atoms with Crippen LogP contribution < -0.4 is 5.32 Å². The highest BCUT2D eigenvalue weighted by Gasteiger charge is 2.05. The smallest absolute Gasteiger partial charge is 0.252 e. The van der Waals surface area contributed by atoms with Crippen molar-refractivity contribution < 1.29 is 9.90 Å². The number of thioether (sulfide) groups is 1. The lowest BCUT2D eigenvalue weighted by Gasteiger charge is -2.06. The van der Waals surface area contributed by atoms with Gasteiger partial charge in [0, 0.05) is 37.5 Å². The molecular weight excluding hydrogens is 286 g/mol. The topological polar surface area (TPSA) is 67.2 Å². The maximum absolute atomic E-state index is 11.9. The molecule has 2 aromatic rings. The van der Waals surface area contributed by atoms with E-state index in [0.717, 1.165) is 23.7 Å². The number of aliphatic hydroxyl groups is 1.